The summed E-state index contributed by atoms with van der Waals surface area (Å²) in [6.07, 6.45) is 9.36. The van der Waals surface area contributed by atoms with Crippen LogP contribution in [-0.2, 0) is 17.9 Å². The van der Waals surface area contributed by atoms with E-state index in [0.717, 1.165) is 45.0 Å². The summed E-state index contributed by atoms with van der Waals surface area (Å²) in [5, 5.41) is 3.56. The van der Waals surface area contributed by atoms with E-state index in [-0.39, 0.29) is 29.9 Å². The van der Waals surface area contributed by atoms with Gasteiger partial charge in [-0.15, -0.1) is 24.0 Å². The third kappa shape index (κ3) is 7.93. The summed E-state index contributed by atoms with van der Waals surface area (Å²) in [4.78, 5) is 20.6. The van der Waals surface area contributed by atoms with E-state index < -0.39 is 0 Å². The lowest BCUT2D eigenvalue weighted by Crippen LogP contribution is -2.47. The van der Waals surface area contributed by atoms with Gasteiger partial charge in [0.2, 0.25) is 5.91 Å². The number of carbonyl (C=O) groups excluding carboxylic acids is 1. The molecule has 1 saturated heterocycles. The molecule has 1 aliphatic heterocycles. The van der Waals surface area contributed by atoms with Crippen molar-refractivity contribution in [2.24, 2.45) is 16.6 Å². The molecule has 1 aromatic carbocycles. The van der Waals surface area contributed by atoms with Crippen molar-refractivity contribution >= 4 is 35.8 Å². The molecule has 1 aromatic rings. The van der Waals surface area contributed by atoms with E-state index in [1.165, 1.54) is 43.2 Å². The maximum absolute atomic E-state index is 11.3. The van der Waals surface area contributed by atoms with Crippen molar-refractivity contribution in [3.63, 3.8) is 0 Å². The second kappa shape index (κ2) is 13.3. The number of aliphatic imine (C=N–C) groups is 1. The fourth-order valence-electron chi connectivity index (χ4n) is 5.02. The van der Waals surface area contributed by atoms with Crippen LogP contribution < -0.4 is 11.1 Å². The predicted molar refractivity (Wildman–Crippen MR) is 139 cm³/mol. The highest BCUT2D eigenvalue weighted by Crippen LogP contribution is 2.24. The molecule has 2 fully saturated rings. The molecule has 0 aromatic heterocycles. The van der Waals surface area contributed by atoms with Gasteiger partial charge < -0.3 is 16.0 Å². The Kier molecular flexibility index (Phi) is 11.1. The molecule has 174 valence electrons. The first kappa shape index (κ1) is 25.9. The number of likely N-dealkylation sites (tertiary alicyclic amines) is 1. The van der Waals surface area contributed by atoms with Crippen LogP contribution in [-0.4, -0.2) is 54.9 Å². The number of hydrogen-bond donors (Lipinski definition) is 2. The molecule has 3 N–H and O–H groups in total. The molecule has 6 nitrogen and oxygen atoms in total. The molecule has 1 unspecified atom stereocenters. The van der Waals surface area contributed by atoms with Gasteiger partial charge in [0.05, 0.1) is 0 Å². The molecule has 0 radical (unpaired) electrons. The summed E-state index contributed by atoms with van der Waals surface area (Å²) in [6, 6.07) is 9.44. The second-order valence-electron chi connectivity index (χ2n) is 9.00. The Labute approximate surface area is 205 Å². The molecule has 1 saturated carbocycles. The van der Waals surface area contributed by atoms with E-state index in [0.29, 0.717) is 18.4 Å². The second-order valence-corrected chi connectivity index (χ2v) is 9.00. The molecule has 2 aliphatic rings. The summed E-state index contributed by atoms with van der Waals surface area (Å²) >= 11 is 0. The molecular weight excluding hydrogens is 501 g/mol. The van der Waals surface area contributed by atoms with Gasteiger partial charge in [0, 0.05) is 45.7 Å². The van der Waals surface area contributed by atoms with Crippen LogP contribution in [0.2, 0.25) is 0 Å². The number of nitrogens with two attached hydrogens (primary N) is 1. The van der Waals surface area contributed by atoms with Crippen molar-refractivity contribution in [3.8, 4) is 0 Å². The Hall–Kier alpha value is -1.35. The standard InChI is InChI=1S/C24H39N5O.HI/c1-26-24(29-14-8-9-19(17-29)15-23(25)30)27-16-20-10-6-7-11-21(20)18-28(2)22-12-4-3-5-13-22;/h6-7,10-11,19,22H,3-5,8-9,12-18H2,1-2H3,(H2,25,30)(H,26,27);1H. The van der Waals surface area contributed by atoms with E-state index in [1.807, 2.05) is 7.05 Å². The topological polar surface area (TPSA) is 74.0 Å². The van der Waals surface area contributed by atoms with E-state index >= 15 is 0 Å². The van der Waals surface area contributed by atoms with Crippen LogP contribution in [0, 0.1) is 5.92 Å². The number of guanidine groups is 1. The SMILES string of the molecule is CN=C(NCc1ccccc1CN(C)C1CCCCC1)N1CCCC(CC(N)=O)C1.I. The van der Waals surface area contributed by atoms with E-state index in [4.69, 9.17) is 5.73 Å². The maximum atomic E-state index is 11.3. The Balaban J connectivity index is 0.00000341. The third-order valence-electron chi connectivity index (χ3n) is 6.69. The highest BCUT2D eigenvalue weighted by molar-refractivity contribution is 14.0. The lowest BCUT2D eigenvalue weighted by Gasteiger charge is -2.35. The maximum Gasteiger partial charge on any atom is 0.217 e. The molecular formula is C24H40IN5O. The van der Waals surface area contributed by atoms with Crippen LogP contribution >= 0.6 is 24.0 Å². The summed E-state index contributed by atoms with van der Waals surface area (Å²) in [5.41, 5.74) is 8.13. The third-order valence-corrected chi connectivity index (χ3v) is 6.69. The largest absolute Gasteiger partial charge is 0.370 e. The highest BCUT2D eigenvalue weighted by Gasteiger charge is 2.24. The fraction of sp³-hybridized carbons (Fsp3) is 0.667. The van der Waals surface area contributed by atoms with Crippen LogP contribution in [0.15, 0.2) is 29.3 Å². The minimum absolute atomic E-state index is 0. The number of nitrogens with one attached hydrogen (secondary N) is 1. The van der Waals surface area contributed by atoms with Crippen molar-refractivity contribution in [2.45, 2.75) is 70.5 Å². The van der Waals surface area contributed by atoms with Crippen LogP contribution in [0.5, 0.6) is 0 Å². The van der Waals surface area contributed by atoms with Crippen molar-refractivity contribution in [1.29, 1.82) is 0 Å². The zero-order valence-electron chi connectivity index (χ0n) is 19.2. The molecule has 3 rings (SSSR count). The van der Waals surface area contributed by atoms with E-state index in [2.05, 4.69) is 51.4 Å². The number of nitrogens with zero attached hydrogens (tertiary/aromatic N) is 3. The van der Waals surface area contributed by atoms with Crippen molar-refractivity contribution in [2.75, 3.05) is 27.2 Å². The number of amides is 1. The van der Waals surface area contributed by atoms with Crippen LogP contribution in [0.1, 0.15) is 62.5 Å². The minimum Gasteiger partial charge on any atom is -0.370 e. The smallest absolute Gasteiger partial charge is 0.217 e. The van der Waals surface area contributed by atoms with Crippen molar-refractivity contribution in [1.82, 2.24) is 15.1 Å². The van der Waals surface area contributed by atoms with Gasteiger partial charge in [0.25, 0.3) is 0 Å². The Bertz CT molecular complexity index is 720. The number of halogens is 1. The first-order valence-corrected chi connectivity index (χ1v) is 11.6. The molecule has 1 heterocycles. The monoisotopic (exact) mass is 541 g/mol. The number of carbonyl (C=O) groups is 1. The van der Waals surface area contributed by atoms with E-state index in [9.17, 15) is 4.79 Å². The summed E-state index contributed by atoms with van der Waals surface area (Å²) in [5.74, 6) is 1.03. The van der Waals surface area contributed by atoms with Gasteiger partial charge in [-0.2, -0.15) is 0 Å². The Morgan fingerprint density at radius 1 is 1.16 bits per heavy atom. The summed E-state index contributed by atoms with van der Waals surface area (Å²) in [6.45, 7) is 3.57. The number of benzene rings is 1. The van der Waals surface area contributed by atoms with Crippen LogP contribution in [0.3, 0.4) is 0 Å². The summed E-state index contributed by atoms with van der Waals surface area (Å²) in [7, 11) is 4.11. The van der Waals surface area contributed by atoms with Crippen molar-refractivity contribution < 1.29 is 4.79 Å². The zero-order valence-corrected chi connectivity index (χ0v) is 21.5. The number of hydrogen-bond acceptors (Lipinski definition) is 3. The highest BCUT2D eigenvalue weighted by atomic mass is 127. The van der Waals surface area contributed by atoms with Gasteiger partial charge in [0.1, 0.15) is 0 Å². The minimum atomic E-state index is -0.208. The number of rotatable bonds is 7. The normalized spacial score (nSPS) is 20.4. The van der Waals surface area contributed by atoms with Crippen LogP contribution in [0.25, 0.3) is 0 Å². The lowest BCUT2D eigenvalue weighted by molar-refractivity contribution is -0.119. The molecule has 0 bridgehead atoms. The number of piperidine rings is 1. The Morgan fingerprint density at radius 3 is 2.55 bits per heavy atom. The van der Waals surface area contributed by atoms with Gasteiger partial charge >= 0.3 is 0 Å². The van der Waals surface area contributed by atoms with Crippen LogP contribution in [0.4, 0.5) is 0 Å². The molecule has 1 amide bonds. The predicted octanol–water partition coefficient (Wildman–Crippen LogP) is 3.73. The van der Waals surface area contributed by atoms with Gasteiger partial charge in [-0.3, -0.25) is 14.7 Å². The first-order valence-electron chi connectivity index (χ1n) is 11.6. The zero-order chi connectivity index (χ0) is 21.3. The van der Waals surface area contributed by atoms with Gasteiger partial charge in [-0.1, -0.05) is 43.5 Å². The van der Waals surface area contributed by atoms with Gasteiger partial charge in [0.15, 0.2) is 5.96 Å². The summed E-state index contributed by atoms with van der Waals surface area (Å²) < 4.78 is 0. The first-order chi connectivity index (χ1) is 14.6. The lowest BCUT2D eigenvalue weighted by atomic mass is 9.94. The number of primary amides is 1. The fourth-order valence-corrected chi connectivity index (χ4v) is 5.02. The quantitative estimate of drug-likeness (QED) is 0.314. The molecule has 7 heteroatoms. The average Bonchev–Trinajstić information content (AvgIpc) is 2.75. The molecule has 31 heavy (non-hydrogen) atoms. The molecule has 1 atom stereocenters. The van der Waals surface area contributed by atoms with Gasteiger partial charge in [-0.05, 0) is 49.8 Å². The molecule has 0 spiro atoms. The average molecular weight is 542 g/mol. The van der Waals surface area contributed by atoms with Gasteiger partial charge in [-0.25, -0.2) is 0 Å². The molecule has 1 aliphatic carbocycles. The Morgan fingerprint density at radius 2 is 1.87 bits per heavy atom. The van der Waals surface area contributed by atoms with Crippen molar-refractivity contribution in [3.05, 3.63) is 35.4 Å². The van der Waals surface area contributed by atoms with E-state index in [1.54, 1.807) is 0 Å².